The number of nitrogens with zero attached hydrogens (tertiary/aromatic N) is 3. The number of piperidine rings is 1. The lowest BCUT2D eigenvalue weighted by Gasteiger charge is -2.31. The number of aryl methyl sites for hydroxylation is 1. The van der Waals surface area contributed by atoms with Gasteiger partial charge < -0.3 is 18.6 Å². The van der Waals surface area contributed by atoms with Crippen LogP contribution in [0.3, 0.4) is 0 Å². The second kappa shape index (κ2) is 9.54. The fourth-order valence-corrected chi connectivity index (χ4v) is 4.26. The largest absolute Gasteiger partial charge is 0.466 e. The summed E-state index contributed by atoms with van der Waals surface area (Å²) in [5, 5.41) is 0. The topological polar surface area (TPSA) is 65.7 Å². The highest BCUT2D eigenvalue weighted by molar-refractivity contribution is 7.71. The van der Waals surface area contributed by atoms with E-state index in [0.717, 1.165) is 48.3 Å². The van der Waals surface area contributed by atoms with Crippen molar-refractivity contribution in [3.8, 4) is 0 Å². The summed E-state index contributed by atoms with van der Waals surface area (Å²) in [7, 11) is 0. The normalized spacial score (nSPS) is 15.6. The van der Waals surface area contributed by atoms with Gasteiger partial charge in [0, 0.05) is 19.6 Å². The van der Waals surface area contributed by atoms with E-state index in [1.54, 1.807) is 13.0 Å². The molecule has 2 aromatic rings. The Kier molecular flexibility index (Phi) is 7.08. The number of carbonyl (C=O) groups is 2. The van der Waals surface area contributed by atoms with Crippen molar-refractivity contribution < 1.29 is 19.1 Å². The zero-order valence-electron chi connectivity index (χ0n) is 17.3. The van der Waals surface area contributed by atoms with Crippen molar-refractivity contribution in [1.82, 2.24) is 14.0 Å². The maximum atomic E-state index is 12.2. The lowest BCUT2D eigenvalue weighted by molar-refractivity contribution is -0.149. The van der Waals surface area contributed by atoms with Crippen LogP contribution in [0, 0.1) is 10.7 Å². The summed E-state index contributed by atoms with van der Waals surface area (Å²) in [4.78, 5) is 26.5. The van der Waals surface area contributed by atoms with E-state index in [9.17, 15) is 9.59 Å². The van der Waals surface area contributed by atoms with Crippen molar-refractivity contribution in [3.63, 3.8) is 0 Å². The van der Waals surface area contributed by atoms with Crippen molar-refractivity contribution in [2.45, 2.75) is 46.8 Å². The summed E-state index contributed by atoms with van der Waals surface area (Å²) in [5.74, 6) is -0.441. The maximum absolute atomic E-state index is 12.2. The molecule has 0 unspecified atom stereocenters. The van der Waals surface area contributed by atoms with Crippen LogP contribution >= 0.6 is 12.2 Å². The molecule has 1 saturated heterocycles. The van der Waals surface area contributed by atoms with Crippen LogP contribution in [-0.2, 0) is 27.5 Å². The minimum Gasteiger partial charge on any atom is -0.466 e. The van der Waals surface area contributed by atoms with Gasteiger partial charge in [0.2, 0.25) is 0 Å². The van der Waals surface area contributed by atoms with Crippen LogP contribution in [0.1, 0.15) is 44.0 Å². The van der Waals surface area contributed by atoms with Gasteiger partial charge in [-0.1, -0.05) is 0 Å². The standard InChI is InChI=1S/C21H29N3O4S/c1-4-23-17-8-7-16(20(26)28-6-3)13-18(17)24(21(23)29)14-22-11-9-15(10-12-22)19(25)27-5-2/h7-8,13,15H,4-6,9-12,14H2,1-3H3. The molecular formula is C21H29N3O4S. The molecule has 3 rings (SSSR count). The van der Waals surface area contributed by atoms with Gasteiger partial charge in [-0.3, -0.25) is 9.69 Å². The number of rotatable bonds is 7. The van der Waals surface area contributed by atoms with Gasteiger partial charge in [-0.2, -0.15) is 0 Å². The molecular weight excluding hydrogens is 390 g/mol. The second-order valence-electron chi connectivity index (χ2n) is 7.16. The third kappa shape index (κ3) is 4.53. The predicted octanol–water partition coefficient (Wildman–Crippen LogP) is 3.60. The lowest BCUT2D eigenvalue weighted by Crippen LogP contribution is -2.38. The molecule has 0 spiro atoms. The molecule has 0 aliphatic carbocycles. The molecule has 1 aromatic heterocycles. The molecule has 0 atom stereocenters. The molecule has 1 aliphatic heterocycles. The summed E-state index contributed by atoms with van der Waals surface area (Å²) in [6.45, 7) is 9.46. The minimum absolute atomic E-state index is 0.0217. The van der Waals surface area contributed by atoms with E-state index in [0.29, 0.717) is 25.4 Å². The first-order valence-electron chi connectivity index (χ1n) is 10.3. The Hall–Kier alpha value is -2.19. The smallest absolute Gasteiger partial charge is 0.338 e. The van der Waals surface area contributed by atoms with E-state index in [-0.39, 0.29) is 17.9 Å². The van der Waals surface area contributed by atoms with Crippen LogP contribution in [0.15, 0.2) is 18.2 Å². The summed E-state index contributed by atoms with van der Waals surface area (Å²) in [6.07, 6.45) is 1.57. The summed E-state index contributed by atoms with van der Waals surface area (Å²) in [5.41, 5.74) is 2.46. The molecule has 1 aliphatic rings. The van der Waals surface area contributed by atoms with Gasteiger partial charge in [0.25, 0.3) is 0 Å². The van der Waals surface area contributed by atoms with Crippen LogP contribution in [0.25, 0.3) is 11.0 Å². The van der Waals surface area contributed by atoms with Gasteiger partial charge >= 0.3 is 11.9 Å². The molecule has 158 valence electrons. The van der Waals surface area contributed by atoms with Gasteiger partial charge in [-0.15, -0.1) is 0 Å². The van der Waals surface area contributed by atoms with Gasteiger partial charge in [-0.25, -0.2) is 4.79 Å². The number of carbonyl (C=O) groups excluding carboxylic acids is 2. The van der Waals surface area contributed by atoms with E-state index in [1.807, 2.05) is 19.1 Å². The third-order valence-electron chi connectivity index (χ3n) is 5.40. The molecule has 2 heterocycles. The molecule has 1 fully saturated rings. The fourth-order valence-electron chi connectivity index (χ4n) is 3.87. The zero-order chi connectivity index (χ0) is 21.0. The summed E-state index contributed by atoms with van der Waals surface area (Å²) in [6, 6.07) is 5.58. The highest BCUT2D eigenvalue weighted by Gasteiger charge is 2.26. The molecule has 7 nitrogen and oxygen atoms in total. The lowest BCUT2D eigenvalue weighted by atomic mass is 9.97. The predicted molar refractivity (Wildman–Crippen MR) is 113 cm³/mol. The van der Waals surface area contributed by atoms with Crippen molar-refractivity contribution >= 4 is 35.2 Å². The summed E-state index contributed by atoms with van der Waals surface area (Å²) < 4.78 is 15.2. The highest BCUT2D eigenvalue weighted by Crippen LogP contribution is 2.24. The van der Waals surface area contributed by atoms with Crippen molar-refractivity contribution in [2.24, 2.45) is 5.92 Å². The number of esters is 2. The Morgan fingerprint density at radius 1 is 1.03 bits per heavy atom. The van der Waals surface area contributed by atoms with Crippen LogP contribution in [0.4, 0.5) is 0 Å². The first-order chi connectivity index (χ1) is 14.0. The molecule has 0 amide bonds. The van der Waals surface area contributed by atoms with Crippen LogP contribution in [0.2, 0.25) is 0 Å². The van der Waals surface area contributed by atoms with E-state index < -0.39 is 0 Å². The van der Waals surface area contributed by atoms with Gasteiger partial charge in [0.05, 0.1) is 42.4 Å². The fraction of sp³-hybridized carbons (Fsp3) is 0.571. The molecule has 29 heavy (non-hydrogen) atoms. The van der Waals surface area contributed by atoms with E-state index >= 15 is 0 Å². The molecule has 1 aromatic carbocycles. The molecule has 8 heteroatoms. The van der Waals surface area contributed by atoms with Crippen molar-refractivity contribution in [1.29, 1.82) is 0 Å². The van der Waals surface area contributed by atoms with Gasteiger partial charge in [-0.05, 0) is 64.0 Å². The zero-order valence-corrected chi connectivity index (χ0v) is 18.2. The molecule has 0 N–H and O–H groups in total. The van der Waals surface area contributed by atoms with E-state index in [4.69, 9.17) is 21.7 Å². The number of hydrogen-bond acceptors (Lipinski definition) is 6. The number of likely N-dealkylation sites (tertiary alicyclic amines) is 1. The Morgan fingerprint density at radius 3 is 2.34 bits per heavy atom. The number of ether oxygens (including phenoxy) is 2. The maximum Gasteiger partial charge on any atom is 0.338 e. The van der Waals surface area contributed by atoms with Crippen LogP contribution < -0.4 is 0 Å². The average Bonchev–Trinajstić information content (AvgIpc) is 2.99. The summed E-state index contributed by atoms with van der Waals surface area (Å²) >= 11 is 5.73. The first-order valence-corrected chi connectivity index (χ1v) is 10.7. The van der Waals surface area contributed by atoms with Gasteiger partial charge in [0.1, 0.15) is 0 Å². The average molecular weight is 420 g/mol. The van der Waals surface area contributed by atoms with Crippen LogP contribution in [0.5, 0.6) is 0 Å². The highest BCUT2D eigenvalue weighted by atomic mass is 32.1. The SMILES string of the molecule is CCOC(=O)c1ccc2c(c1)n(CN1CCC(C(=O)OCC)CC1)c(=S)n2CC. The van der Waals surface area contributed by atoms with Crippen molar-refractivity contribution in [3.05, 3.63) is 28.5 Å². The molecule has 0 bridgehead atoms. The first kappa shape index (κ1) is 21.5. The number of hydrogen-bond donors (Lipinski definition) is 0. The van der Waals surface area contributed by atoms with Crippen LogP contribution in [-0.4, -0.2) is 52.3 Å². The number of aromatic nitrogens is 2. The molecule has 0 saturated carbocycles. The second-order valence-corrected chi connectivity index (χ2v) is 7.53. The third-order valence-corrected chi connectivity index (χ3v) is 5.84. The Balaban J connectivity index is 1.84. The Morgan fingerprint density at radius 2 is 1.72 bits per heavy atom. The van der Waals surface area contributed by atoms with E-state index in [1.165, 1.54) is 0 Å². The number of imidazole rings is 1. The van der Waals surface area contributed by atoms with Gasteiger partial charge in [0.15, 0.2) is 4.77 Å². The Bertz CT molecular complexity index is 941. The monoisotopic (exact) mass is 419 g/mol. The van der Waals surface area contributed by atoms with Crippen molar-refractivity contribution in [2.75, 3.05) is 26.3 Å². The Labute approximate surface area is 176 Å². The number of fused-ring (bicyclic) bond motifs is 1. The quantitative estimate of drug-likeness (QED) is 0.505. The number of benzene rings is 1. The molecule has 0 radical (unpaired) electrons. The minimum atomic E-state index is -0.327. The van der Waals surface area contributed by atoms with E-state index in [2.05, 4.69) is 21.0 Å².